The summed E-state index contributed by atoms with van der Waals surface area (Å²) >= 11 is 0. The Morgan fingerprint density at radius 3 is 2.54 bits per heavy atom. The third kappa shape index (κ3) is 2.82. The lowest BCUT2D eigenvalue weighted by Gasteiger charge is -2.06. The molecule has 0 radical (unpaired) electrons. The van der Waals surface area contributed by atoms with Crippen LogP contribution >= 0.6 is 0 Å². The minimum atomic E-state index is -2.74. The lowest BCUT2D eigenvalue weighted by Crippen LogP contribution is -2.06. The first-order valence-corrected chi connectivity index (χ1v) is 6.82. The number of hydrogen-bond acceptors (Lipinski definition) is 2. The van der Waals surface area contributed by atoms with E-state index < -0.39 is 24.0 Å². The second-order valence-electron chi connectivity index (χ2n) is 5.12. The van der Waals surface area contributed by atoms with E-state index in [0.717, 1.165) is 22.9 Å². The number of hydrogen-bond donors (Lipinski definition) is 1. The number of fused-ring (bicyclic) bond motifs is 1. The molecule has 1 heterocycles. The van der Waals surface area contributed by atoms with E-state index in [4.69, 9.17) is 0 Å². The summed E-state index contributed by atoms with van der Waals surface area (Å²) in [6.07, 6.45) is -2.74. The molecule has 1 aromatic heterocycles. The maximum Gasteiger partial charge on any atom is 0.357 e. The summed E-state index contributed by atoms with van der Waals surface area (Å²) in [6.45, 7) is -0.220. The Hall–Kier alpha value is -2.90. The molecule has 0 fully saturated rings. The van der Waals surface area contributed by atoms with Crippen LogP contribution in [-0.2, 0) is 6.54 Å². The Balaban J connectivity index is 2.15. The minimum Gasteiger partial charge on any atom is -0.476 e. The molecule has 0 atom stereocenters. The second kappa shape index (κ2) is 5.95. The van der Waals surface area contributed by atoms with Gasteiger partial charge in [0.15, 0.2) is 5.69 Å². The highest BCUT2D eigenvalue weighted by atomic mass is 19.3. The van der Waals surface area contributed by atoms with Crippen LogP contribution < -0.4 is 0 Å². The molecule has 0 spiro atoms. The summed E-state index contributed by atoms with van der Waals surface area (Å²) in [4.78, 5) is 11.3. The number of halogens is 4. The standard InChI is InChI=1S/C16H10F4N2O2/c17-10-3-1-9(12(18)6-10)7-22-13-5-8(15(19)20)2-4-11(13)14(21-22)16(23)24/h1-6,15H,7H2,(H,23,24). The van der Waals surface area contributed by atoms with Gasteiger partial charge < -0.3 is 5.11 Å². The molecule has 4 nitrogen and oxygen atoms in total. The molecule has 24 heavy (non-hydrogen) atoms. The monoisotopic (exact) mass is 338 g/mol. The van der Waals surface area contributed by atoms with Crippen LogP contribution in [-0.4, -0.2) is 20.9 Å². The second-order valence-corrected chi connectivity index (χ2v) is 5.12. The number of benzene rings is 2. The number of aromatic nitrogens is 2. The molecule has 0 aliphatic carbocycles. The lowest BCUT2D eigenvalue weighted by molar-refractivity contribution is 0.0691. The van der Waals surface area contributed by atoms with Crippen molar-refractivity contribution in [2.75, 3.05) is 0 Å². The van der Waals surface area contributed by atoms with Crippen LogP contribution in [0.2, 0.25) is 0 Å². The summed E-state index contributed by atoms with van der Waals surface area (Å²) in [5, 5.41) is 13.2. The van der Waals surface area contributed by atoms with Crippen molar-refractivity contribution in [3.8, 4) is 0 Å². The van der Waals surface area contributed by atoms with Crippen LogP contribution in [0.1, 0.15) is 28.0 Å². The molecule has 0 saturated heterocycles. The van der Waals surface area contributed by atoms with Gasteiger partial charge in [-0.2, -0.15) is 5.10 Å². The maximum absolute atomic E-state index is 13.8. The molecule has 8 heteroatoms. The number of carboxylic acid groups (broad SMARTS) is 1. The molecule has 3 aromatic rings. The van der Waals surface area contributed by atoms with Gasteiger partial charge in [0.05, 0.1) is 12.1 Å². The Kier molecular flexibility index (Phi) is 3.96. The molecule has 0 aliphatic heterocycles. The van der Waals surface area contributed by atoms with Crippen molar-refractivity contribution < 1.29 is 27.5 Å². The van der Waals surface area contributed by atoms with Gasteiger partial charge in [0, 0.05) is 22.6 Å². The maximum atomic E-state index is 13.8. The van der Waals surface area contributed by atoms with Crippen molar-refractivity contribution in [3.63, 3.8) is 0 Å². The van der Waals surface area contributed by atoms with Gasteiger partial charge in [-0.3, -0.25) is 4.68 Å². The van der Waals surface area contributed by atoms with E-state index in [1.807, 2.05) is 0 Å². The largest absolute Gasteiger partial charge is 0.476 e. The Morgan fingerprint density at radius 1 is 1.17 bits per heavy atom. The molecule has 124 valence electrons. The van der Waals surface area contributed by atoms with Crippen molar-refractivity contribution in [3.05, 3.63) is 64.9 Å². The summed E-state index contributed by atoms with van der Waals surface area (Å²) in [5.74, 6) is -2.92. The molecule has 1 N–H and O–H groups in total. The van der Waals surface area contributed by atoms with E-state index in [2.05, 4.69) is 5.10 Å². The van der Waals surface area contributed by atoms with Gasteiger partial charge in [-0.05, 0) is 18.2 Å². The predicted molar refractivity (Wildman–Crippen MR) is 77.1 cm³/mol. The number of alkyl halides is 2. The molecular formula is C16H10F4N2O2. The van der Waals surface area contributed by atoms with E-state index in [0.29, 0.717) is 6.07 Å². The van der Waals surface area contributed by atoms with E-state index in [1.54, 1.807) is 0 Å². The van der Waals surface area contributed by atoms with Crippen LogP contribution in [0.25, 0.3) is 10.9 Å². The topological polar surface area (TPSA) is 55.1 Å². The minimum absolute atomic E-state index is 0.0557. The normalized spacial score (nSPS) is 11.4. The van der Waals surface area contributed by atoms with Gasteiger partial charge >= 0.3 is 5.97 Å². The number of aromatic carboxylic acids is 1. The molecular weight excluding hydrogens is 328 g/mol. The van der Waals surface area contributed by atoms with Crippen LogP contribution in [0.15, 0.2) is 36.4 Å². The van der Waals surface area contributed by atoms with Crippen molar-refractivity contribution >= 4 is 16.9 Å². The third-order valence-corrected chi connectivity index (χ3v) is 3.57. The molecule has 0 amide bonds. The molecule has 3 rings (SSSR count). The van der Waals surface area contributed by atoms with E-state index in [1.165, 1.54) is 12.1 Å². The molecule has 0 aliphatic rings. The smallest absolute Gasteiger partial charge is 0.357 e. The fraction of sp³-hybridized carbons (Fsp3) is 0.125. The van der Waals surface area contributed by atoms with E-state index in [9.17, 15) is 27.5 Å². The van der Waals surface area contributed by atoms with Gasteiger partial charge in [0.25, 0.3) is 6.43 Å². The third-order valence-electron chi connectivity index (χ3n) is 3.57. The molecule has 0 bridgehead atoms. The van der Waals surface area contributed by atoms with Crippen LogP contribution in [0.3, 0.4) is 0 Å². The van der Waals surface area contributed by atoms with Crippen molar-refractivity contribution in [2.24, 2.45) is 0 Å². The number of rotatable bonds is 4. The molecule has 0 unspecified atom stereocenters. The fourth-order valence-electron chi connectivity index (χ4n) is 2.42. The molecule has 2 aromatic carbocycles. The first kappa shape index (κ1) is 16.0. The zero-order valence-electron chi connectivity index (χ0n) is 12.0. The Morgan fingerprint density at radius 2 is 1.92 bits per heavy atom. The highest BCUT2D eigenvalue weighted by molar-refractivity contribution is 6.01. The highest BCUT2D eigenvalue weighted by Gasteiger charge is 2.19. The highest BCUT2D eigenvalue weighted by Crippen LogP contribution is 2.26. The molecule has 0 saturated carbocycles. The zero-order valence-corrected chi connectivity index (χ0v) is 12.0. The summed E-state index contributed by atoms with van der Waals surface area (Å²) in [5.41, 5.74) is -0.442. The predicted octanol–water partition coefficient (Wildman–Crippen LogP) is 4.00. The van der Waals surface area contributed by atoms with Crippen molar-refractivity contribution in [1.82, 2.24) is 9.78 Å². The summed E-state index contributed by atoms with van der Waals surface area (Å²) in [7, 11) is 0. The quantitative estimate of drug-likeness (QED) is 0.732. The lowest BCUT2D eigenvalue weighted by atomic mass is 10.1. The van der Waals surface area contributed by atoms with Crippen molar-refractivity contribution in [1.29, 1.82) is 0 Å². The van der Waals surface area contributed by atoms with Crippen LogP contribution in [0.5, 0.6) is 0 Å². The van der Waals surface area contributed by atoms with Gasteiger partial charge in [-0.15, -0.1) is 0 Å². The first-order chi connectivity index (χ1) is 11.4. The van der Waals surface area contributed by atoms with Gasteiger partial charge in [0.1, 0.15) is 11.6 Å². The number of nitrogens with zero attached hydrogens (tertiary/aromatic N) is 2. The fourth-order valence-corrected chi connectivity index (χ4v) is 2.42. The summed E-state index contributed by atoms with van der Waals surface area (Å²) < 4.78 is 53.6. The van der Waals surface area contributed by atoms with Gasteiger partial charge in [-0.1, -0.05) is 12.1 Å². The van der Waals surface area contributed by atoms with E-state index >= 15 is 0 Å². The zero-order chi connectivity index (χ0) is 17.4. The van der Waals surface area contributed by atoms with Crippen LogP contribution in [0, 0.1) is 11.6 Å². The van der Waals surface area contributed by atoms with Gasteiger partial charge in [0.2, 0.25) is 0 Å². The average molecular weight is 338 g/mol. The number of carboxylic acids is 1. The van der Waals surface area contributed by atoms with Crippen LogP contribution in [0.4, 0.5) is 17.6 Å². The van der Waals surface area contributed by atoms with Crippen molar-refractivity contribution in [2.45, 2.75) is 13.0 Å². The van der Waals surface area contributed by atoms with Gasteiger partial charge in [-0.25, -0.2) is 22.4 Å². The first-order valence-electron chi connectivity index (χ1n) is 6.82. The average Bonchev–Trinajstić information content (AvgIpc) is 2.88. The SMILES string of the molecule is O=C(O)c1nn(Cc2ccc(F)cc2F)c2cc(C(F)F)ccc12. The Bertz CT molecular complexity index is 937. The summed E-state index contributed by atoms with van der Waals surface area (Å²) in [6, 6.07) is 6.39. The Labute approximate surface area is 132 Å². The number of carbonyl (C=O) groups is 1. The van der Waals surface area contributed by atoms with E-state index in [-0.39, 0.29) is 34.3 Å².